The van der Waals surface area contributed by atoms with E-state index in [9.17, 15) is 0 Å². The summed E-state index contributed by atoms with van der Waals surface area (Å²) < 4.78 is 5.61. The van der Waals surface area contributed by atoms with Crippen molar-refractivity contribution >= 4 is 0 Å². The summed E-state index contributed by atoms with van der Waals surface area (Å²) >= 11 is 0. The van der Waals surface area contributed by atoms with Crippen molar-refractivity contribution in [1.29, 1.82) is 0 Å². The summed E-state index contributed by atoms with van der Waals surface area (Å²) in [5.41, 5.74) is 0. The Kier molecular flexibility index (Phi) is 6.20. The summed E-state index contributed by atoms with van der Waals surface area (Å²) in [7, 11) is 0. The highest BCUT2D eigenvalue weighted by atomic mass is 16.5. The third-order valence-electron chi connectivity index (χ3n) is 2.99. The summed E-state index contributed by atoms with van der Waals surface area (Å²) in [5, 5.41) is 9.04. The van der Waals surface area contributed by atoms with Crippen LogP contribution in [0.5, 0.6) is 0 Å². The molecule has 0 aliphatic heterocycles. The Hall–Kier alpha value is -0.0800. The molecule has 0 saturated heterocycles. The molecule has 1 aliphatic carbocycles. The number of aliphatic hydroxyl groups is 1. The lowest BCUT2D eigenvalue weighted by atomic mass is 9.90. The largest absolute Gasteiger partial charge is 0.393 e. The van der Waals surface area contributed by atoms with Gasteiger partial charge in [-0.1, -0.05) is 19.3 Å². The molecule has 1 aliphatic rings. The lowest BCUT2D eigenvalue weighted by molar-refractivity contribution is 0.0743. The number of ether oxygens (including phenoxy) is 1. The van der Waals surface area contributed by atoms with Gasteiger partial charge in [-0.3, -0.25) is 0 Å². The van der Waals surface area contributed by atoms with Crippen LogP contribution in [0.1, 0.15) is 51.9 Å². The second kappa shape index (κ2) is 7.24. The lowest BCUT2D eigenvalue weighted by Gasteiger charge is -2.21. The van der Waals surface area contributed by atoms with Gasteiger partial charge in [0.1, 0.15) is 0 Å². The van der Waals surface area contributed by atoms with E-state index in [-0.39, 0.29) is 6.10 Å². The zero-order valence-electron chi connectivity index (χ0n) is 9.37. The second-order valence-electron chi connectivity index (χ2n) is 4.57. The molecule has 0 aromatic rings. The van der Waals surface area contributed by atoms with Crippen LogP contribution in [0, 0.1) is 5.92 Å². The number of aliphatic hydroxyl groups excluding tert-OH is 1. The van der Waals surface area contributed by atoms with Crippen LogP contribution in [0.25, 0.3) is 0 Å². The Morgan fingerprint density at radius 2 is 2.00 bits per heavy atom. The maximum Gasteiger partial charge on any atom is 0.0513 e. The van der Waals surface area contributed by atoms with Gasteiger partial charge in [0.25, 0.3) is 0 Å². The van der Waals surface area contributed by atoms with Crippen molar-refractivity contribution in [2.45, 2.75) is 58.0 Å². The summed E-state index contributed by atoms with van der Waals surface area (Å²) in [6, 6.07) is 0. The van der Waals surface area contributed by atoms with Crippen molar-refractivity contribution in [1.82, 2.24) is 0 Å². The van der Waals surface area contributed by atoms with Gasteiger partial charge in [-0.05, 0) is 38.5 Å². The number of hydrogen-bond acceptors (Lipinski definition) is 2. The summed E-state index contributed by atoms with van der Waals surface area (Å²) in [4.78, 5) is 0. The van der Waals surface area contributed by atoms with Gasteiger partial charge in [-0.25, -0.2) is 0 Å². The van der Waals surface area contributed by atoms with E-state index in [0.717, 1.165) is 32.0 Å². The minimum Gasteiger partial charge on any atom is -0.393 e. The highest BCUT2D eigenvalue weighted by Gasteiger charge is 2.12. The Labute approximate surface area is 87.7 Å². The molecule has 2 heteroatoms. The molecule has 1 N–H and O–H groups in total. The second-order valence-corrected chi connectivity index (χ2v) is 4.57. The quantitative estimate of drug-likeness (QED) is 0.668. The van der Waals surface area contributed by atoms with Crippen molar-refractivity contribution in [2.24, 2.45) is 5.92 Å². The molecule has 0 radical (unpaired) electrons. The van der Waals surface area contributed by atoms with E-state index in [2.05, 4.69) is 0 Å². The fourth-order valence-corrected chi connectivity index (χ4v) is 2.08. The normalized spacial score (nSPS) is 21.0. The molecule has 0 aromatic heterocycles. The van der Waals surface area contributed by atoms with Gasteiger partial charge in [0.2, 0.25) is 0 Å². The Balaban J connectivity index is 1.87. The zero-order chi connectivity index (χ0) is 10.2. The standard InChI is InChI=1S/C12H24O2/c1-11(13)6-5-9-14-10-12-7-3-2-4-8-12/h11-13H,2-10H2,1H3. The van der Waals surface area contributed by atoms with Crippen LogP contribution in [0.15, 0.2) is 0 Å². The zero-order valence-corrected chi connectivity index (χ0v) is 9.37. The van der Waals surface area contributed by atoms with Crippen LogP contribution in [0.2, 0.25) is 0 Å². The van der Waals surface area contributed by atoms with Crippen LogP contribution in [0.4, 0.5) is 0 Å². The Morgan fingerprint density at radius 3 is 2.64 bits per heavy atom. The summed E-state index contributed by atoms with van der Waals surface area (Å²) in [6.45, 7) is 3.60. The fraction of sp³-hybridized carbons (Fsp3) is 1.00. The van der Waals surface area contributed by atoms with Gasteiger partial charge in [-0.2, -0.15) is 0 Å². The van der Waals surface area contributed by atoms with E-state index < -0.39 is 0 Å². The lowest BCUT2D eigenvalue weighted by Crippen LogP contribution is -2.14. The van der Waals surface area contributed by atoms with E-state index in [4.69, 9.17) is 9.84 Å². The van der Waals surface area contributed by atoms with E-state index in [1.54, 1.807) is 0 Å². The third kappa shape index (κ3) is 5.61. The number of rotatable bonds is 6. The summed E-state index contributed by atoms with van der Waals surface area (Å²) in [5.74, 6) is 0.815. The van der Waals surface area contributed by atoms with E-state index in [1.807, 2.05) is 6.92 Å². The predicted octanol–water partition coefficient (Wildman–Crippen LogP) is 2.74. The van der Waals surface area contributed by atoms with Crippen LogP contribution in [0.3, 0.4) is 0 Å². The molecule has 1 saturated carbocycles. The predicted molar refractivity (Wildman–Crippen MR) is 58.3 cm³/mol. The molecular weight excluding hydrogens is 176 g/mol. The molecule has 0 spiro atoms. The van der Waals surface area contributed by atoms with Gasteiger partial charge < -0.3 is 9.84 Å². The minimum atomic E-state index is -0.173. The molecule has 1 rings (SSSR count). The molecular formula is C12H24O2. The van der Waals surface area contributed by atoms with E-state index >= 15 is 0 Å². The third-order valence-corrected chi connectivity index (χ3v) is 2.99. The Morgan fingerprint density at radius 1 is 1.29 bits per heavy atom. The average molecular weight is 200 g/mol. The van der Waals surface area contributed by atoms with Crippen molar-refractivity contribution in [3.63, 3.8) is 0 Å². The van der Waals surface area contributed by atoms with E-state index in [0.29, 0.717) is 0 Å². The van der Waals surface area contributed by atoms with Crippen LogP contribution in [-0.4, -0.2) is 24.4 Å². The first kappa shape index (κ1) is 12.0. The highest BCUT2D eigenvalue weighted by Crippen LogP contribution is 2.23. The van der Waals surface area contributed by atoms with Gasteiger partial charge >= 0.3 is 0 Å². The van der Waals surface area contributed by atoms with Crippen molar-refractivity contribution in [3.05, 3.63) is 0 Å². The molecule has 0 amide bonds. The van der Waals surface area contributed by atoms with Crippen molar-refractivity contribution in [3.8, 4) is 0 Å². The first-order valence-electron chi connectivity index (χ1n) is 6.05. The fourth-order valence-electron chi connectivity index (χ4n) is 2.08. The molecule has 1 unspecified atom stereocenters. The minimum absolute atomic E-state index is 0.173. The Bertz CT molecular complexity index is 128. The SMILES string of the molecule is CC(O)CCCOCC1CCCCC1. The summed E-state index contributed by atoms with van der Waals surface area (Å²) in [6.07, 6.45) is 8.59. The van der Waals surface area contributed by atoms with Crippen LogP contribution >= 0.6 is 0 Å². The smallest absolute Gasteiger partial charge is 0.0513 e. The molecule has 1 fully saturated rings. The first-order chi connectivity index (χ1) is 6.79. The topological polar surface area (TPSA) is 29.5 Å². The maximum absolute atomic E-state index is 9.04. The monoisotopic (exact) mass is 200 g/mol. The first-order valence-corrected chi connectivity index (χ1v) is 6.05. The van der Waals surface area contributed by atoms with Gasteiger partial charge in [-0.15, -0.1) is 0 Å². The molecule has 0 aromatic carbocycles. The molecule has 14 heavy (non-hydrogen) atoms. The van der Waals surface area contributed by atoms with Gasteiger partial charge in [0.15, 0.2) is 0 Å². The highest BCUT2D eigenvalue weighted by molar-refractivity contribution is 4.64. The molecule has 2 nitrogen and oxygen atoms in total. The maximum atomic E-state index is 9.04. The van der Waals surface area contributed by atoms with Crippen LogP contribution < -0.4 is 0 Å². The van der Waals surface area contributed by atoms with Crippen LogP contribution in [-0.2, 0) is 4.74 Å². The van der Waals surface area contributed by atoms with Crippen molar-refractivity contribution in [2.75, 3.05) is 13.2 Å². The molecule has 0 bridgehead atoms. The molecule has 0 heterocycles. The molecule has 84 valence electrons. The van der Waals surface area contributed by atoms with Gasteiger partial charge in [0.05, 0.1) is 6.10 Å². The average Bonchev–Trinajstić information content (AvgIpc) is 2.18. The van der Waals surface area contributed by atoms with Gasteiger partial charge in [0, 0.05) is 13.2 Å². The van der Waals surface area contributed by atoms with Crippen molar-refractivity contribution < 1.29 is 9.84 Å². The number of hydrogen-bond donors (Lipinski definition) is 1. The van der Waals surface area contributed by atoms with E-state index in [1.165, 1.54) is 32.1 Å². The molecule has 1 atom stereocenters.